The van der Waals surface area contributed by atoms with Crippen LogP contribution >= 0.6 is 0 Å². The van der Waals surface area contributed by atoms with Crippen LogP contribution in [0, 0.1) is 13.8 Å². The fraction of sp³-hybridized carbons (Fsp3) is 0.556. The topological polar surface area (TPSA) is 18.5 Å². The van der Waals surface area contributed by atoms with Crippen molar-refractivity contribution in [2.24, 2.45) is 0 Å². The van der Waals surface area contributed by atoms with E-state index in [0.29, 0.717) is 6.61 Å². The van der Waals surface area contributed by atoms with Gasteiger partial charge in [-0.25, -0.2) is 0 Å². The van der Waals surface area contributed by atoms with Crippen molar-refractivity contribution in [3.8, 4) is 5.75 Å². The maximum absolute atomic E-state index is 6.59. The van der Waals surface area contributed by atoms with E-state index in [1.807, 2.05) is 30.3 Å². The van der Waals surface area contributed by atoms with Gasteiger partial charge in [-0.3, -0.25) is 4.84 Å². The summed E-state index contributed by atoms with van der Waals surface area (Å²) < 4.78 is 0. The monoisotopic (exact) mass is 412 g/mol. The highest BCUT2D eigenvalue weighted by Crippen LogP contribution is 2.29. The van der Waals surface area contributed by atoms with Crippen LogP contribution in [0.15, 0.2) is 48.5 Å². The van der Waals surface area contributed by atoms with E-state index in [9.17, 15) is 0 Å². The van der Waals surface area contributed by atoms with Gasteiger partial charge in [0.25, 0.3) is 0 Å². The molecule has 0 spiro atoms. The van der Waals surface area contributed by atoms with Crippen molar-refractivity contribution >= 4 is 0 Å². The van der Waals surface area contributed by atoms with Gasteiger partial charge in [-0.1, -0.05) is 69.0 Å². The fourth-order valence-electron chi connectivity index (χ4n) is 4.21. The summed E-state index contributed by atoms with van der Waals surface area (Å²) in [7, 11) is 0. The van der Waals surface area contributed by atoms with Gasteiger partial charge in [0.1, 0.15) is 13.2 Å². The first-order valence-electron chi connectivity index (χ1n) is 11.9. The Morgan fingerprint density at radius 1 is 0.833 bits per heavy atom. The van der Waals surface area contributed by atoms with Crippen molar-refractivity contribution in [1.82, 2.24) is 0 Å². The Morgan fingerprint density at radius 3 is 2.23 bits per heavy atom. The molecule has 0 aromatic heterocycles. The third-order valence-electron chi connectivity index (χ3n) is 6.16. The van der Waals surface area contributed by atoms with Crippen molar-refractivity contribution in [3.63, 3.8) is 0 Å². The van der Waals surface area contributed by atoms with Crippen LogP contribution in [0.25, 0.3) is 0 Å². The normalized spacial score (nSPS) is 14.3. The van der Waals surface area contributed by atoms with Crippen LogP contribution < -0.4 is 4.84 Å². The second-order valence-corrected chi connectivity index (χ2v) is 8.28. The van der Waals surface area contributed by atoms with Crippen LogP contribution in [0.5, 0.6) is 5.75 Å². The average Bonchev–Trinajstić information content (AvgIpc) is 2.76. The van der Waals surface area contributed by atoms with E-state index in [0.717, 1.165) is 25.1 Å². The number of hydrogen-bond acceptors (Lipinski definition) is 2. The third kappa shape index (κ3) is 6.85. The molecule has 0 saturated heterocycles. The van der Waals surface area contributed by atoms with Gasteiger partial charge in [0.15, 0.2) is 11.8 Å². The summed E-state index contributed by atoms with van der Waals surface area (Å²) in [6.45, 7) is 12.3. The van der Waals surface area contributed by atoms with Gasteiger partial charge in [-0.15, -0.1) is 0 Å². The van der Waals surface area contributed by atoms with E-state index in [1.54, 1.807) is 0 Å². The van der Waals surface area contributed by atoms with Gasteiger partial charge in [-0.05, 0) is 62.9 Å². The lowest BCUT2D eigenvalue weighted by molar-refractivity contribution is -1.24. The zero-order chi connectivity index (χ0) is 21.8. The van der Waals surface area contributed by atoms with Crippen molar-refractivity contribution in [3.05, 3.63) is 65.2 Å². The van der Waals surface area contributed by atoms with E-state index in [1.165, 1.54) is 48.8 Å². The summed E-state index contributed by atoms with van der Waals surface area (Å²) in [6.07, 6.45) is 8.45. The summed E-state index contributed by atoms with van der Waals surface area (Å²) in [6, 6.07) is 17.0. The maximum atomic E-state index is 6.59. The van der Waals surface area contributed by atoms with Crippen LogP contribution in [0.3, 0.4) is 0 Å². The molecule has 166 valence electrons. The summed E-state index contributed by atoms with van der Waals surface area (Å²) in [5.41, 5.74) is 4.14. The Labute approximate surface area is 184 Å². The number of benzene rings is 2. The van der Waals surface area contributed by atoms with Gasteiger partial charge >= 0.3 is 0 Å². The molecule has 0 N–H and O–H groups in total. The predicted molar refractivity (Wildman–Crippen MR) is 126 cm³/mol. The van der Waals surface area contributed by atoms with Crippen LogP contribution in [-0.4, -0.2) is 24.0 Å². The molecule has 2 aromatic rings. The molecule has 2 aromatic carbocycles. The number of para-hydroxylation sites is 1. The largest absolute Gasteiger partial charge is 0.280 e. The second-order valence-electron chi connectivity index (χ2n) is 8.28. The van der Waals surface area contributed by atoms with Crippen molar-refractivity contribution < 1.29 is 14.5 Å². The number of hydrogen-bond donors (Lipinski definition) is 0. The Hall–Kier alpha value is -1.84. The zero-order valence-corrected chi connectivity index (χ0v) is 19.8. The van der Waals surface area contributed by atoms with Gasteiger partial charge in [0, 0.05) is 17.7 Å². The lowest BCUT2D eigenvalue weighted by Gasteiger charge is -2.38. The highest BCUT2D eigenvalue weighted by atomic mass is 17.0. The van der Waals surface area contributed by atoms with E-state index < -0.39 is 0 Å². The molecule has 3 heteroatoms. The molecule has 0 fully saturated rings. The van der Waals surface area contributed by atoms with Crippen molar-refractivity contribution in [2.45, 2.75) is 85.6 Å². The number of rotatable bonds is 14. The number of nitrogens with zero attached hydrogens (tertiary/aromatic N) is 1. The predicted octanol–water partition coefficient (Wildman–Crippen LogP) is 7.36. The minimum atomic E-state index is 0.224. The number of hydroxylamine groups is 4. The lowest BCUT2D eigenvalue weighted by atomic mass is 9.94. The number of aryl methyl sites for hydroxylation is 1. The number of quaternary nitrogens is 1. The zero-order valence-electron chi connectivity index (χ0n) is 19.8. The number of unbranched alkanes of at least 4 members (excludes halogenated alkanes) is 4. The Morgan fingerprint density at radius 2 is 1.57 bits per heavy atom. The third-order valence-corrected chi connectivity index (χ3v) is 6.16. The van der Waals surface area contributed by atoms with Crippen molar-refractivity contribution in [2.75, 3.05) is 13.2 Å². The summed E-state index contributed by atoms with van der Waals surface area (Å²) in [5.74, 6) is 0.866. The Bertz CT molecular complexity index is 731. The van der Waals surface area contributed by atoms with Gasteiger partial charge in [-0.2, -0.15) is 4.84 Å². The summed E-state index contributed by atoms with van der Waals surface area (Å²) in [4.78, 5) is 13.2. The minimum absolute atomic E-state index is 0.224. The molecule has 2 rings (SSSR count). The maximum Gasteiger partial charge on any atom is 0.194 e. The molecule has 0 aliphatic rings. The van der Waals surface area contributed by atoms with E-state index in [-0.39, 0.29) is 10.9 Å². The van der Waals surface area contributed by atoms with Gasteiger partial charge < -0.3 is 0 Å². The molecule has 2 unspecified atom stereocenters. The highest BCUT2D eigenvalue weighted by molar-refractivity contribution is 5.33. The van der Waals surface area contributed by atoms with Gasteiger partial charge in [0.05, 0.1) is 0 Å². The number of likely N-dealkylation sites (N-methyl/N-ethyl adjacent to an activating group) is 1. The van der Waals surface area contributed by atoms with Crippen LogP contribution in [0.1, 0.15) is 76.0 Å². The van der Waals surface area contributed by atoms with Crippen LogP contribution in [-0.2, 0) is 11.3 Å². The summed E-state index contributed by atoms with van der Waals surface area (Å²) >= 11 is 0. The van der Waals surface area contributed by atoms with E-state index in [2.05, 4.69) is 52.8 Å². The molecule has 0 bridgehead atoms. The molecule has 0 radical (unpaired) electrons. The molecule has 0 saturated carbocycles. The highest BCUT2D eigenvalue weighted by Gasteiger charge is 2.41. The lowest BCUT2D eigenvalue weighted by Crippen LogP contribution is -2.58. The first-order valence-corrected chi connectivity index (χ1v) is 11.9. The fourth-order valence-corrected chi connectivity index (χ4v) is 4.21. The minimum Gasteiger partial charge on any atom is -0.280 e. The first-order chi connectivity index (χ1) is 14.6. The molecule has 0 amide bonds. The Balaban J connectivity index is 2.31. The molecule has 0 heterocycles. The van der Waals surface area contributed by atoms with E-state index >= 15 is 0 Å². The molecular weight excluding hydrogens is 370 g/mol. The molecule has 2 atom stereocenters. The molecular formula is C27H42NO2+. The van der Waals surface area contributed by atoms with E-state index in [4.69, 9.17) is 9.68 Å². The Kier molecular flexibility index (Phi) is 10.4. The second kappa shape index (κ2) is 12.8. The summed E-state index contributed by atoms with van der Waals surface area (Å²) in [5, 5.41) is 0. The average molecular weight is 413 g/mol. The van der Waals surface area contributed by atoms with Crippen molar-refractivity contribution in [1.29, 1.82) is 0 Å². The molecule has 3 nitrogen and oxygen atoms in total. The quantitative estimate of drug-likeness (QED) is 0.183. The molecule has 0 aliphatic carbocycles. The van der Waals surface area contributed by atoms with Crippen LogP contribution in [0.4, 0.5) is 0 Å². The SMILES string of the molecule is CCCCCCCC(Cc1cccc(C)c1C)[N+](CC)(OCC)Oc1ccccc1. The van der Waals surface area contributed by atoms with Crippen LogP contribution in [0.2, 0.25) is 0 Å². The standard InChI is InChI=1S/C27H42NO2/c1-6-9-10-11-13-19-26(22-25-18-16-17-23(4)24(25)5)28(7-2,29-8-3)30-27-20-14-12-15-21-27/h12,14-18,20-21,26H,6-11,13,19,22H2,1-5H3/q+1. The smallest absolute Gasteiger partial charge is 0.194 e. The first kappa shape index (κ1) is 24.4. The molecule has 30 heavy (non-hydrogen) atoms. The molecule has 0 aliphatic heterocycles. The van der Waals surface area contributed by atoms with Gasteiger partial charge in [0.2, 0.25) is 0 Å².